The molecule has 0 radical (unpaired) electrons. The molecule has 4 rings (SSSR count). The molecule has 3 N–H and O–H groups in total. The molecule has 3 aromatic rings. The van der Waals surface area contributed by atoms with Crippen LogP contribution in [0, 0.1) is 18.6 Å². The van der Waals surface area contributed by atoms with Crippen molar-refractivity contribution < 1.29 is 32.2 Å². The standard InChI is InChI=1S/C23H21F5N2O2/c1-3-12-10-22(32,23(26,27)28)21(14-9-15(24)19(25)20(31)18(12)14)30-17-6-4-5-16-13(17)8-7-11(2)29-16/h4-9,12,21,30-32H,3,10H2,1-2H3/t12?,21-,22?/m0/s1. The zero-order valence-corrected chi connectivity index (χ0v) is 17.3. The van der Waals surface area contributed by atoms with Crippen molar-refractivity contribution in [2.24, 2.45) is 0 Å². The first-order chi connectivity index (χ1) is 15.0. The van der Waals surface area contributed by atoms with E-state index in [1.54, 1.807) is 38.1 Å². The van der Waals surface area contributed by atoms with E-state index < -0.39 is 47.5 Å². The van der Waals surface area contributed by atoms with E-state index in [9.17, 15) is 32.2 Å². The molecule has 0 aliphatic heterocycles. The van der Waals surface area contributed by atoms with Crippen molar-refractivity contribution in [2.75, 3.05) is 5.32 Å². The van der Waals surface area contributed by atoms with E-state index in [1.165, 1.54) is 6.07 Å². The summed E-state index contributed by atoms with van der Waals surface area (Å²) in [5, 5.41) is 24.4. The van der Waals surface area contributed by atoms with E-state index in [-0.39, 0.29) is 23.2 Å². The van der Waals surface area contributed by atoms with Gasteiger partial charge in [-0.05, 0) is 61.6 Å². The van der Waals surface area contributed by atoms with Crippen LogP contribution < -0.4 is 5.32 Å². The lowest BCUT2D eigenvalue weighted by atomic mass is 9.69. The highest BCUT2D eigenvalue weighted by molar-refractivity contribution is 5.91. The number of phenolic OH excluding ortho intramolecular Hbond substituents is 1. The lowest BCUT2D eigenvalue weighted by Crippen LogP contribution is -2.55. The Kier molecular flexibility index (Phi) is 5.27. The third-order valence-corrected chi connectivity index (χ3v) is 6.17. The van der Waals surface area contributed by atoms with Crippen molar-refractivity contribution in [3.05, 3.63) is 64.9 Å². The van der Waals surface area contributed by atoms with Crippen LogP contribution in [0.25, 0.3) is 10.9 Å². The zero-order chi connectivity index (χ0) is 23.4. The molecule has 1 heterocycles. The molecular weight excluding hydrogens is 431 g/mol. The lowest BCUT2D eigenvalue weighted by molar-refractivity contribution is -0.272. The summed E-state index contributed by atoms with van der Waals surface area (Å²) in [6.45, 7) is 3.32. The Balaban J connectivity index is 1.96. The molecule has 1 aromatic heterocycles. The maximum Gasteiger partial charge on any atom is 0.419 e. The van der Waals surface area contributed by atoms with Crippen LogP contribution in [0.2, 0.25) is 0 Å². The monoisotopic (exact) mass is 452 g/mol. The first-order valence-electron chi connectivity index (χ1n) is 10.1. The number of aromatic nitrogens is 1. The maximum absolute atomic E-state index is 14.2. The predicted molar refractivity (Wildman–Crippen MR) is 110 cm³/mol. The molecule has 1 aliphatic rings. The van der Waals surface area contributed by atoms with Gasteiger partial charge in [0, 0.05) is 22.3 Å². The molecule has 1 aliphatic carbocycles. The largest absolute Gasteiger partial charge is 0.505 e. The molecule has 2 unspecified atom stereocenters. The number of hydrogen-bond donors (Lipinski definition) is 3. The lowest BCUT2D eigenvalue weighted by Gasteiger charge is -2.46. The van der Waals surface area contributed by atoms with Gasteiger partial charge in [0.15, 0.2) is 17.2 Å². The normalized spacial score (nSPS) is 23.2. The number of fused-ring (bicyclic) bond motifs is 2. The van der Waals surface area contributed by atoms with Crippen LogP contribution >= 0.6 is 0 Å². The van der Waals surface area contributed by atoms with Gasteiger partial charge in [-0.1, -0.05) is 13.0 Å². The second-order valence-electron chi connectivity index (χ2n) is 8.16. The summed E-state index contributed by atoms with van der Waals surface area (Å²) in [5.41, 5.74) is -2.31. The summed E-state index contributed by atoms with van der Waals surface area (Å²) < 4.78 is 70.9. The summed E-state index contributed by atoms with van der Waals surface area (Å²) >= 11 is 0. The van der Waals surface area contributed by atoms with Crippen LogP contribution in [0.4, 0.5) is 27.6 Å². The highest BCUT2D eigenvalue weighted by Crippen LogP contribution is 2.55. The Hall–Kier alpha value is -2.94. The number of rotatable bonds is 3. The quantitative estimate of drug-likeness (QED) is 0.435. The van der Waals surface area contributed by atoms with Gasteiger partial charge < -0.3 is 15.5 Å². The molecule has 0 fully saturated rings. The van der Waals surface area contributed by atoms with E-state index in [1.807, 2.05) is 0 Å². The average Bonchev–Trinajstić information content (AvgIpc) is 2.72. The van der Waals surface area contributed by atoms with E-state index >= 15 is 0 Å². The Labute approximate surface area is 180 Å². The number of halogens is 5. The van der Waals surface area contributed by atoms with Crippen molar-refractivity contribution in [3.8, 4) is 5.75 Å². The minimum Gasteiger partial charge on any atom is -0.505 e. The fourth-order valence-electron chi connectivity index (χ4n) is 4.53. The highest BCUT2D eigenvalue weighted by Gasteiger charge is 2.62. The van der Waals surface area contributed by atoms with Crippen LogP contribution in [0.5, 0.6) is 5.75 Å². The molecule has 0 spiro atoms. The number of benzene rings is 2. The van der Waals surface area contributed by atoms with Gasteiger partial charge >= 0.3 is 6.18 Å². The number of hydrogen-bond acceptors (Lipinski definition) is 4. The second-order valence-corrected chi connectivity index (χ2v) is 8.16. The third-order valence-electron chi connectivity index (χ3n) is 6.17. The highest BCUT2D eigenvalue weighted by atomic mass is 19.4. The SMILES string of the molecule is CCC1CC(O)(C(F)(F)F)[C@@H](Nc2cccc3nc(C)ccc23)c2cc(F)c(F)c(O)c21. The third kappa shape index (κ3) is 3.35. The number of aromatic hydroxyl groups is 1. The van der Waals surface area contributed by atoms with Crippen LogP contribution in [0.3, 0.4) is 0 Å². The van der Waals surface area contributed by atoms with Crippen molar-refractivity contribution in [1.82, 2.24) is 4.98 Å². The van der Waals surface area contributed by atoms with Gasteiger partial charge in [-0.2, -0.15) is 17.6 Å². The maximum atomic E-state index is 14.2. The number of anilines is 1. The Morgan fingerprint density at radius 2 is 1.91 bits per heavy atom. The Bertz CT molecular complexity index is 1200. The van der Waals surface area contributed by atoms with Crippen LogP contribution in [-0.2, 0) is 0 Å². The fraction of sp³-hybridized carbons (Fsp3) is 0.348. The predicted octanol–water partition coefficient (Wildman–Crippen LogP) is 5.87. The number of alkyl halides is 3. The van der Waals surface area contributed by atoms with E-state index in [0.717, 1.165) is 0 Å². The van der Waals surface area contributed by atoms with Gasteiger partial charge in [0.25, 0.3) is 0 Å². The van der Waals surface area contributed by atoms with Crippen molar-refractivity contribution in [1.29, 1.82) is 0 Å². The van der Waals surface area contributed by atoms with Gasteiger partial charge in [-0.25, -0.2) is 4.39 Å². The first-order valence-corrected chi connectivity index (χ1v) is 10.1. The molecule has 170 valence electrons. The molecule has 9 heteroatoms. The molecule has 0 saturated heterocycles. The van der Waals surface area contributed by atoms with Crippen molar-refractivity contribution >= 4 is 16.6 Å². The zero-order valence-electron chi connectivity index (χ0n) is 17.3. The Morgan fingerprint density at radius 1 is 1.19 bits per heavy atom. The minimum atomic E-state index is -5.09. The molecule has 0 amide bonds. The number of nitrogens with zero attached hydrogens (tertiary/aromatic N) is 1. The summed E-state index contributed by atoms with van der Waals surface area (Å²) in [6, 6.07) is 6.88. The van der Waals surface area contributed by atoms with Gasteiger partial charge in [0.05, 0.1) is 11.6 Å². The topological polar surface area (TPSA) is 65.4 Å². The average molecular weight is 452 g/mol. The van der Waals surface area contributed by atoms with E-state index in [4.69, 9.17) is 0 Å². The summed E-state index contributed by atoms with van der Waals surface area (Å²) in [4.78, 5) is 4.35. The molecular formula is C23H21F5N2O2. The fourth-order valence-corrected chi connectivity index (χ4v) is 4.53. The second kappa shape index (κ2) is 7.58. The van der Waals surface area contributed by atoms with Crippen molar-refractivity contribution in [2.45, 2.75) is 50.4 Å². The van der Waals surface area contributed by atoms with Crippen molar-refractivity contribution in [3.63, 3.8) is 0 Å². The molecule has 2 aromatic carbocycles. The van der Waals surface area contributed by atoms with Gasteiger partial charge in [-0.15, -0.1) is 0 Å². The summed E-state index contributed by atoms with van der Waals surface area (Å²) in [6.07, 6.45) is -5.83. The molecule has 4 nitrogen and oxygen atoms in total. The van der Waals surface area contributed by atoms with Gasteiger partial charge in [-0.3, -0.25) is 4.98 Å². The van der Waals surface area contributed by atoms with Crippen LogP contribution in [0.1, 0.15) is 48.5 Å². The smallest absolute Gasteiger partial charge is 0.419 e. The molecule has 0 bridgehead atoms. The van der Waals surface area contributed by atoms with Gasteiger partial charge in [0.1, 0.15) is 0 Å². The van der Waals surface area contributed by atoms with E-state index in [0.29, 0.717) is 22.7 Å². The number of phenols is 1. The molecule has 0 saturated carbocycles. The van der Waals surface area contributed by atoms with Crippen LogP contribution in [-0.4, -0.2) is 27.0 Å². The van der Waals surface area contributed by atoms with Gasteiger partial charge in [0.2, 0.25) is 5.82 Å². The number of nitrogens with one attached hydrogen (secondary N) is 1. The van der Waals surface area contributed by atoms with E-state index in [2.05, 4.69) is 10.3 Å². The van der Waals surface area contributed by atoms with Crippen LogP contribution in [0.15, 0.2) is 36.4 Å². The molecule has 3 atom stereocenters. The molecule has 32 heavy (non-hydrogen) atoms. The summed E-state index contributed by atoms with van der Waals surface area (Å²) in [7, 11) is 0. The summed E-state index contributed by atoms with van der Waals surface area (Å²) in [5.74, 6) is -5.08. The number of aryl methyl sites for hydroxylation is 1. The first kappa shape index (κ1) is 22.3. The minimum absolute atomic E-state index is 0.0776. The number of aliphatic hydroxyl groups is 1. The Morgan fingerprint density at radius 3 is 2.56 bits per heavy atom. The number of pyridine rings is 1.